The lowest BCUT2D eigenvalue weighted by atomic mass is 10.4. The van der Waals surface area contributed by atoms with E-state index in [0.29, 0.717) is 25.6 Å². The standard InChI is InChI=1S/C14H26N4O2/c1-4-7-15-12-10-14(18(5-2)8-9-19)17-13(16-12)11-20-6-3/h10,19H,4-9,11H2,1-3H3,(H,15,16,17). The highest BCUT2D eigenvalue weighted by atomic mass is 16.5. The molecule has 114 valence electrons. The summed E-state index contributed by atoms with van der Waals surface area (Å²) in [7, 11) is 0. The van der Waals surface area contributed by atoms with E-state index in [4.69, 9.17) is 9.84 Å². The van der Waals surface area contributed by atoms with Gasteiger partial charge in [0.2, 0.25) is 0 Å². The molecule has 0 saturated heterocycles. The first-order chi connectivity index (χ1) is 9.74. The number of ether oxygens (including phenoxy) is 1. The van der Waals surface area contributed by atoms with Gasteiger partial charge in [-0.2, -0.15) is 0 Å². The van der Waals surface area contributed by atoms with Crippen LogP contribution in [0.25, 0.3) is 0 Å². The van der Waals surface area contributed by atoms with Crippen molar-refractivity contribution in [2.24, 2.45) is 0 Å². The summed E-state index contributed by atoms with van der Waals surface area (Å²) in [6, 6.07) is 1.92. The van der Waals surface area contributed by atoms with Crippen molar-refractivity contribution in [2.75, 3.05) is 43.1 Å². The van der Waals surface area contributed by atoms with Crippen LogP contribution in [0.15, 0.2) is 6.07 Å². The Morgan fingerprint density at radius 2 is 2.10 bits per heavy atom. The minimum Gasteiger partial charge on any atom is -0.395 e. The maximum Gasteiger partial charge on any atom is 0.158 e. The fourth-order valence-electron chi connectivity index (χ4n) is 1.80. The van der Waals surface area contributed by atoms with Gasteiger partial charge in [0.15, 0.2) is 5.82 Å². The minimum absolute atomic E-state index is 0.107. The summed E-state index contributed by atoms with van der Waals surface area (Å²) in [6.07, 6.45) is 1.04. The zero-order valence-corrected chi connectivity index (χ0v) is 12.7. The molecule has 0 bridgehead atoms. The van der Waals surface area contributed by atoms with Crippen LogP contribution in [-0.2, 0) is 11.3 Å². The Labute approximate surface area is 121 Å². The third-order valence-electron chi connectivity index (χ3n) is 2.83. The van der Waals surface area contributed by atoms with Crippen LogP contribution in [0.3, 0.4) is 0 Å². The average molecular weight is 282 g/mol. The molecule has 6 nitrogen and oxygen atoms in total. The number of hydrogen-bond donors (Lipinski definition) is 2. The molecule has 1 heterocycles. The van der Waals surface area contributed by atoms with Crippen molar-refractivity contribution in [3.8, 4) is 0 Å². The molecule has 6 heteroatoms. The van der Waals surface area contributed by atoms with Crippen LogP contribution in [0.5, 0.6) is 0 Å². The van der Waals surface area contributed by atoms with Crippen LogP contribution < -0.4 is 10.2 Å². The fraction of sp³-hybridized carbons (Fsp3) is 0.714. The Balaban J connectivity index is 2.94. The van der Waals surface area contributed by atoms with Crippen LogP contribution in [0.2, 0.25) is 0 Å². The van der Waals surface area contributed by atoms with Gasteiger partial charge in [-0.05, 0) is 20.3 Å². The van der Waals surface area contributed by atoms with E-state index < -0.39 is 0 Å². The molecule has 0 amide bonds. The molecule has 0 saturated carbocycles. The maximum absolute atomic E-state index is 9.13. The zero-order valence-electron chi connectivity index (χ0n) is 12.7. The average Bonchev–Trinajstić information content (AvgIpc) is 2.48. The third kappa shape index (κ3) is 5.30. The molecule has 20 heavy (non-hydrogen) atoms. The second kappa shape index (κ2) is 9.50. The van der Waals surface area contributed by atoms with Crippen molar-refractivity contribution < 1.29 is 9.84 Å². The zero-order chi connectivity index (χ0) is 14.8. The highest BCUT2D eigenvalue weighted by Crippen LogP contribution is 2.16. The molecule has 0 aliphatic heterocycles. The van der Waals surface area contributed by atoms with Crippen LogP contribution in [0.4, 0.5) is 11.6 Å². The number of nitrogens with one attached hydrogen (secondary N) is 1. The number of aromatic nitrogens is 2. The van der Waals surface area contributed by atoms with Crippen LogP contribution >= 0.6 is 0 Å². The van der Waals surface area contributed by atoms with Crippen molar-refractivity contribution in [3.63, 3.8) is 0 Å². The number of aliphatic hydroxyl groups is 1. The van der Waals surface area contributed by atoms with E-state index in [2.05, 4.69) is 22.2 Å². The first kappa shape index (κ1) is 16.7. The summed E-state index contributed by atoms with van der Waals surface area (Å²) in [5.74, 6) is 2.30. The van der Waals surface area contributed by atoms with Crippen molar-refractivity contribution in [1.82, 2.24) is 9.97 Å². The summed E-state index contributed by atoms with van der Waals surface area (Å²) >= 11 is 0. The maximum atomic E-state index is 9.13. The Bertz CT molecular complexity index is 361. The second-order valence-corrected chi connectivity index (χ2v) is 4.39. The lowest BCUT2D eigenvalue weighted by molar-refractivity contribution is 0.128. The van der Waals surface area contributed by atoms with Gasteiger partial charge in [-0.1, -0.05) is 6.92 Å². The van der Waals surface area contributed by atoms with E-state index in [1.807, 2.05) is 24.8 Å². The fourth-order valence-corrected chi connectivity index (χ4v) is 1.80. The molecule has 0 aromatic carbocycles. The highest BCUT2D eigenvalue weighted by Gasteiger charge is 2.10. The normalized spacial score (nSPS) is 10.6. The minimum atomic E-state index is 0.107. The molecule has 1 aromatic heterocycles. The largest absolute Gasteiger partial charge is 0.395 e. The molecule has 0 radical (unpaired) electrons. The van der Waals surface area contributed by atoms with Gasteiger partial charge in [0.25, 0.3) is 0 Å². The number of rotatable bonds is 10. The smallest absolute Gasteiger partial charge is 0.158 e. The van der Waals surface area contributed by atoms with E-state index in [-0.39, 0.29) is 6.61 Å². The molecule has 1 aromatic rings. The van der Waals surface area contributed by atoms with Crippen molar-refractivity contribution >= 4 is 11.6 Å². The molecule has 1 rings (SSSR count). The molecular weight excluding hydrogens is 256 g/mol. The van der Waals surface area contributed by atoms with Gasteiger partial charge in [-0.15, -0.1) is 0 Å². The van der Waals surface area contributed by atoms with Crippen molar-refractivity contribution in [3.05, 3.63) is 11.9 Å². The predicted octanol–water partition coefficient (Wildman–Crippen LogP) is 1.65. The SMILES string of the molecule is CCCNc1cc(N(CC)CCO)nc(COCC)n1. The van der Waals surface area contributed by atoms with Gasteiger partial charge in [0.1, 0.15) is 18.2 Å². The monoisotopic (exact) mass is 282 g/mol. The highest BCUT2D eigenvalue weighted by molar-refractivity contribution is 5.49. The number of nitrogens with zero attached hydrogens (tertiary/aromatic N) is 3. The summed E-state index contributed by atoms with van der Waals surface area (Å²) in [5, 5.41) is 12.4. The van der Waals surface area contributed by atoms with Crippen LogP contribution in [-0.4, -0.2) is 47.9 Å². The summed E-state index contributed by atoms with van der Waals surface area (Å²) in [4.78, 5) is 11.0. The summed E-state index contributed by atoms with van der Waals surface area (Å²) < 4.78 is 5.39. The van der Waals surface area contributed by atoms with Gasteiger partial charge in [-0.25, -0.2) is 9.97 Å². The lowest BCUT2D eigenvalue weighted by Crippen LogP contribution is -2.27. The van der Waals surface area contributed by atoms with Crippen molar-refractivity contribution in [2.45, 2.75) is 33.8 Å². The van der Waals surface area contributed by atoms with E-state index in [1.165, 1.54) is 0 Å². The molecule has 0 unspecified atom stereocenters. The molecule has 2 N–H and O–H groups in total. The molecule has 0 spiro atoms. The first-order valence-corrected chi connectivity index (χ1v) is 7.30. The van der Waals surface area contributed by atoms with E-state index in [9.17, 15) is 0 Å². The summed E-state index contributed by atoms with van der Waals surface area (Å²) in [5.41, 5.74) is 0. The topological polar surface area (TPSA) is 70.5 Å². The van der Waals surface area contributed by atoms with Gasteiger partial charge < -0.3 is 20.1 Å². The van der Waals surface area contributed by atoms with Gasteiger partial charge in [0.05, 0.1) is 6.61 Å². The second-order valence-electron chi connectivity index (χ2n) is 4.39. The van der Waals surface area contributed by atoms with Crippen LogP contribution in [0.1, 0.15) is 33.0 Å². The van der Waals surface area contributed by atoms with E-state index in [0.717, 1.165) is 31.1 Å². The first-order valence-electron chi connectivity index (χ1n) is 7.30. The van der Waals surface area contributed by atoms with Gasteiger partial charge in [-0.3, -0.25) is 0 Å². The number of hydrogen-bond acceptors (Lipinski definition) is 6. The van der Waals surface area contributed by atoms with E-state index >= 15 is 0 Å². The predicted molar refractivity (Wildman–Crippen MR) is 81.1 cm³/mol. The quantitative estimate of drug-likeness (QED) is 0.680. The Kier molecular flexibility index (Phi) is 7.91. The Morgan fingerprint density at radius 3 is 2.70 bits per heavy atom. The molecular formula is C14H26N4O2. The van der Waals surface area contributed by atoms with Crippen molar-refractivity contribution in [1.29, 1.82) is 0 Å². The van der Waals surface area contributed by atoms with Crippen LogP contribution in [0, 0.1) is 0 Å². The van der Waals surface area contributed by atoms with Gasteiger partial charge in [0, 0.05) is 32.3 Å². The third-order valence-corrected chi connectivity index (χ3v) is 2.83. The number of anilines is 2. The summed E-state index contributed by atoms with van der Waals surface area (Å²) in [6.45, 7) is 9.48. The Morgan fingerprint density at radius 1 is 1.30 bits per heavy atom. The van der Waals surface area contributed by atoms with Gasteiger partial charge >= 0.3 is 0 Å². The van der Waals surface area contributed by atoms with E-state index in [1.54, 1.807) is 0 Å². The molecule has 0 aliphatic carbocycles. The number of aliphatic hydroxyl groups excluding tert-OH is 1. The molecule has 0 aliphatic rings. The molecule has 0 atom stereocenters. The number of likely N-dealkylation sites (N-methyl/N-ethyl adjacent to an activating group) is 1. The Hall–Kier alpha value is -1.40. The lowest BCUT2D eigenvalue weighted by Gasteiger charge is -2.22. The molecule has 0 fully saturated rings.